The van der Waals surface area contributed by atoms with E-state index in [4.69, 9.17) is 4.74 Å². The minimum Gasteiger partial charge on any atom is -0.463 e. The molecule has 0 fully saturated rings. The van der Waals surface area contributed by atoms with Crippen LogP contribution in [0.1, 0.15) is 31.0 Å². The second kappa shape index (κ2) is 9.80. The van der Waals surface area contributed by atoms with Crippen molar-refractivity contribution < 1.29 is 14.5 Å². The molecule has 2 heterocycles. The van der Waals surface area contributed by atoms with Crippen LogP contribution in [0.5, 0.6) is 0 Å². The van der Waals surface area contributed by atoms with E-state index in [9.17, 15) is 19.7 Å². The zero-order valence-electron chi connectivity index (χ0n) is 18.5. The first kappa shape index (κ1) is 23.1. The molecule has 4 rings (SSSR count). The number of nitrogens with zero attached hydrogens (tertiary/aromatic N) is 3. The lowest BCUT2D eigenvalue weighted by Gasteiger charge is -2.21. The van der Waals surface area contributed by atoms with Gasteiger partial charge in [-0.2, -0.15) is 0 Å². The maximum absolute atomic E-state index is 13.4. The molecule has 0 aliphatic carbocycles. The smallest absolute Gasteiger partial charge is 0.338 e. The van der Waals surface area contributed by atoms with Crippen molar-refractivity contribution in [3.63, 3.8) is 0 Å². The summed E-state index contributed by atoms with van der Waals surface area (Å²) < 4.78 is 7.07. The van der Waals surface area contributed by atoms with Crippen molar-refractivity contribution in [1.29, 1.82) is 0 Å². The standard InChI is InChI=1S/C25H21N3O5S/c1-3-33-24(30)22-16(2)26-25-27(20(22)13-12-17-8-5-4-6-9-17)23(29)21(34-25)15-18-10-7-11-19(14-18)28(31)32/h4-15,20H,3H2,1-2H3/b13-12+,21-15+. The van der Waals surface area contributed by atoms with Gasteiger partial charge in [0.2, 0.25) is 0 Å². The normalized spacial score (nSPS) is 15.8. The van der Waals surface area contributed by atoms with Crippen LogP contribution in [-0.4, -0.2) is 22.1 Å². The maximum atomic E-state index is 13.4. The SMILES string of the molecule is CCOC(=O)C1=C(C)N=c2s/c(=C/c3cccc([N+](=O)[O-])c3)c(=O)n2C1/C=C/c1ccccc1. The molecule has 0 N–H and O–H groups in total. The van der Waals surface area contributed by atoms with Gasteiger partial charge in [0.05, 0.1) is 33.4 Å². The summed E-state index contributed by atoms with van der Waals surface area (Å²) in [5.74, 6) is -0.528. The quantitative estimate of drug-likeness (QED) is 0.309. The van der Waals surface area contributed by atoms with Gasteiger partial charge in [0.15, 0.2) is 4.80 Å². The summed E-state index contributed by atoms with van der Waals surface area (Å²) in [6.45, 7) is 3.63. The number of esters is 1. The molecule has 1 unspecified atom stereocenters. The summed E-state index contributed by atoms with van der Waals surface area (Å²) in [6, 6.07) is 14.9. The van der Waals surface area contributed by atoms with Gasteiger partial charge in [-0.3, -0.25) is 19.5 Å². The number of hydrogen-bond donors (Lipinski definition) is 0. The summed E-state index contributed by atoms with van der Waals surface area (Å²) in [4.78, 5) is 41.8. The molecule has 1 aliphatic heterocycles. The number of benzene rings is 2. The number of rotatable bonds is 6. The average molecular weight is 476 g/mol. The Bertz CT molecular complexity index is 1500. The largest absolute Gasteiger partial charge is 0.463 e. The molecular weight excluding hydrogens is 454 g/mol. The molecule has 0 radical (unpaired) electrons. The minimum atomic E-state index is -0.706. The highest BCUT2D eigenvalue weighted by molar-refractivity contribution is 7.07. The third-order valence-electron chi connectivity index (χ3n) is 5.21. The lowest BCUT2D eigenvalue weighted by Crippen LogP contribution is -2.38. The van der Waals surface area contributed by atoms with Crippen LogP contribution in [0, 0.1) is 10.1 Å². The fourth-order valence-corrected chi connectivity index (χ4v) is 4.72. The molecule has 1 aromatic heterocycles. The number of nitro groups is 1. The summed E-state index contributed by atoms with van der Waals surface area (Å²) in [6.07, 6.45) is 5.23. The predicted molar refractivity (Wildman–Crippen MR) is 130 cm³/mol. The fourth-order valence-electron chi connectivity index (χ4n) is 3.66. The summed E-state index contributed by atoms with van der Waals surface area (Å²) >= 11 is 1.17. The van der Waals surface area contributed by atoms with Crippen molar-refractivity contribution in [2.24, 2.45) is 4.99 Å². The molecule has 0 amide bonds. The van der Waals surface area contributed by atoms with E-state index in [-0.39, 0.29) is 17.9 Å². The molecule has 172 valence electrons. The Kier molecular flexibility index (Phi) is 6.65. The van der Waals surface area contributed by atoms with Gasteiger partial charge in [-0.05, 0) is 31.1 Å². The molecule has 0 spiro atoms. The van der Waals surface area contributed by atoms with Gasteiger partial charge in [0, 0.05) is 12.1 Å². The fraction of sp³-hybridized carbons (Fsp3) is 0.160. The first-order valence-electron chi connectivity index (χ1n) is 10.6. The molecule has 0 saturated carbocycles. The molecule has 9 heteroatoms. The third kappa shape index (κ3) is 4.65. The topological polar surface area (TPSA) is 104 Å². The van der Waals surface area contributed by atoms with E-state index >= 15 is 0 Å². The van der Waals surface area contributed by atoms with Crippen molar-refractivity contribution in [2.75, 3.05) is 6.61 Å². The number of fused-ring (bicyclic) bond motifs is 1. The Labute approximate surface area is 198 Å². The molecule has 2 aromatic carbocycles. The summed E-state index contributed by atoms with van der Waals surface area (Å²) in [5, 5.41) is 11.1. The number of non-ortho nitro benzene ring substituents is 1. The van der Waals surface area contributed by atoms with Crippen LogP contribution in [0.2, 0.25) is 0 Å². The van der Waals surface area contributed by atoms with E-state index in [0.717, 1.165) is 5.56 Å². The number of aromatic nitrogens is 1. The van der Waals surface area contributed by atoms with Gasteiger partial charge in [-0.15, -0.1) is 0 Å². The Morgan fingerprint density at radius 1 is 1.21 bits per heavy atom. The maximum Gasteiger partial charge on any atom is 0.338 e. The van der Waals surface area contributed by atoms with Gasteiger partial charge in [0.1, 0.15) is 0 Å². The molecule has 3 aromatic rings. The number of hydrogen-bond acceptors (Lipinski definition) is 7. The molecule has 1 atom stereocenters. The third-order valence-corrected chi connectivity index (χ3v) is 6.19. The van der Waals surface area contributed by atoms with E-state index in [1.807, 2.05) is 36.4 Å². The van der Waals surface area contributed by atoms with Crippen molar-refractivity contribution in [3.8, 4) is 0 Å². The Hall–Kier alpha value is -4.11. The van der Waals surface area contributed by atoms with Gasteiger partial charge in [0.25, 0.3) is 11.2 Å². The monoisotopic (exact) mass is 475 g/mol. The van der Waals surface area contributed by atoms with Crippen LogP contribution >= 0.6 is 11.3 Å². The highest BCUT2D eigenvalue weighted by Crippen LogP contribution is 2.26. The van der Waals surface area contributed by atoms with Crippen molar-refractivity contribution in [3.05, 3.63) is 113 Å². The predicted octanol–water partition coefficient (Wildman–Crippen LogP) is 3.37. The Balaban J connectivity index is 1.87. The van der Waals surface area contributed by atoms with Crippen LogP contribution in [0.3, 0.4) is 0 Å². The zero-order chi connectivity index (χ0) is 24.2. The first-order chi connectivity index (χ1) is 16.4. The van der Waals surface area contributed by atoms with Crippen LogP contribution in [0.25, 0.3) is 12.2 Å². The molecule has 8 nitrogen and oxygen atoms in total. The van der Waals surface area contributed by atoms with Crippen molar-refractivity contribution >= 4 is 35.1 Å². The van der Waals surface area contributed by atoms with Gasteiger partial charge < -0.3 is 4.74 Å². The number of ether oxygens (including phenoxy) is 1. The molecular formula is C25H21N3O5S. The number of thiazole rings is 1. The molecule has 34 heavy (non-hydrogen) atoms. The number of allylic oxidation sites excluding steroid dienone is 2. The summed E-state index contributed by atoms with van der Waals surface area (Å²) in [7, 11) is 0. The van der Waals surface area contributed by atoms with E-state index in [1.54, 1.807) is 38.1 Å². The molecule has 1 aliphatic rings. The highest BCUT2D eigenvalue weighted by Gasteiger charge is 2.30. The second-order valence-corrected chi connectivity index (χ2v) is 8.48. The Morgan fingerprint density at radius 2 is 1.94 bits per heavy atom. The van der Waals surface area contributed by atoms with E-state index < -0.39 is 16.9 Å². The van der Waals surface area contributed by atoms with Gasteiger partial charge in [-0.1, -0.05) is 66.0 Å². The van der Waals surface area contributed by atoms with Gasteiger partial charge in [-0.25, -0.2) is 9.79 Å². The Morgan fingerprint density at radius 3 is 2.65 bits per heavy atom. The van der Waals surface area contributed by atoms with Crippen LogP contribution in [0.15, 0.2) is 81.7 Å². The first-order valence-corrected chi connectivity index (χ1v) is 11.4. The lowest BCUT2D eigenvalue weighted by atomic mass is 10.0. The van der Waals surface area contributed by atoms with Crippen LogP contribution < -0.4 is 14.9 Å². The van der Waals surface area contributed by atoms with Crippen molar-refractivity contribution in [1.82, 2.24) is 4.57 Å². The number of carbonyl (C=O) groups is 1. The number of nitro benzene ring substituents is 1. The average Bonchev–Trinajstić information content (AvgIpc) is 3.12. The highest BCUT2D eigenvalue weighted by atomic mass is 32.1. The van der Waals surface area contributed by atoms with Gasteiger partial charge >= 0.3 is 5.97 Å². The molecule has 0 saturated heterocycles. The van der Waals surface area contributed by atoms with E-state index in [2.05, 4.69) is 4.99 Å². The zero-order valence-corrected chi connectivity index (χ0v) is 19.3. The van der Waals surface area contributed by atoms with E-state index in [0.29, 0.717) is 26.2 Å². The lowest BCUT2D eigenvalue weighted by molar-refractivity contribution is -0.384. The minimum absolute atomic E-state index is 0.0642. The molecule has 0 bridgehead atoms. The van der Waals surface area contributed by atoms with Crippen LogP contribution in [-0.2, 0) is 9.53 Å². The van der Waals surface area contributed by atoms with Crippen molar-refractivity contribution in [2.45, 2.75) is 19.9 Å². The number of carbonyl (C=O) groups excluding carboxylic acids is 1. The van der Waals surface area contributed by atoms with E-state index in [1.165, 1.54) is 28.0 Å². The summed E-state index contributed by atoms with van der Waals surface area (Å²) in [5.41, 5.74) is 1.81. The van der Waals surface area contributed by atoms with Crippen LogP contribution in [0.4, 0.5) is 5.69 Å². The second-order valence-electron chi connectivity index (χ2n) is 7.47.